The zero-order valence-corrected chi connectivity index (χ0v) is 16.9. The van der Waals surface area contributed by atoms with Gasteiger partial charge in [0, 0.05) is 44.2 Å². The van der Waals surface area contributed by atoms with E-state index in [1.165, 1.54) is 0 Å². The molecule has 148 valence electrons. The van der Waals surface area contributed by atoms with E-state index in [1.807, 2.05) is 43.1 Å². The van der Waals surface area contributed by atoms with E-state index in [0.29, 0.717) is 13.0 Å². The molecule has 0 aliphatic carbocycles. The molecule has 4 rings (SSSR count). The molecule has 6 heteroatoms. The monoisotopic (exact) mass is 380 g/mol. The molecule has 0 atom stereocenters. The Labute approximate surface area is 166 Å². The number of anilines is 1. The van der Waals surface area contributed by atoms with Gasteiger partial charge in [0.1, 0.15) is 11.6 Å². The Kier molecular flexibility index (Phi) is 4.96. The van der Waals surface area contributed by atoms with Crippen molar-refractivity contribution in [2.75, 3.05) is 31.6 Å². The van der Waals surface area contributed by atoms with Crippen molar-refractivity contribution in [2.24, 2.45) is 5.41 Å². The highest BCUT2D eigenvalue weighted by molar-refractivity contribution is 5.79. The van der Waals surface area contributed by atoms with Crippen molar-refractivity contribution in [3.63, 3.8) is 0 Å². The number of hydrogen-bond acceptors (Lipinski definition) is 5. The van der Waals surface area contributed by atoms with Crippen LogP contribution in [0.2, 0.25) is 0 Å². The van der Waals surface area contributed by atoms with E-state index in [4.69, 9.17) is 4.74 Å². The number of rotatable bonds is 4. The fourth-order valence-electron chi connectivity index (χ4n) is 4.47. The van der Waals surface area contributed by atoms with Gasteiger partial charge in [-0.1, -0.05) is 12.1 Å². The number of amides is 1. The number of methoxy groups -OCH3 is 1. The van der Waals surface area contributed by atoms with Gasteiger partial charge in [0.15, 0.2) is 0 Å². The van der Waals surface area contributed by atoms with E-state index in [0.717, 1.165) is 61.0 Å². The summed E-state index contributed by atoms with van der Waals surface area (Å²) in [7, 11) is 1.67. The van der Waals surface area contributed by atoms with Gasteiger partial charge in [-0.15, -0.1) is 0 Å². The van der Waals surface area contributed by atoms with E-state index >= 15 is 0 Å². The Hall–Kier alpha value is -2.63. The zero-order chi connectivity index (χ0) is 19.7. The molecular formula is C22H28N4O2. The van der Waals surface area contributed by atoms with Crippen molar-refractivity contribution in [1.82, 2.24) is 14.9 Å². The molecule has 0 radical (unpaired) electrons. The van der Waals surface area contributed by atoms with Gasteiger partial charge in [-0.3, -0.25) is 9.78 Å². The molecule has 3 heterocycles. The zero-order valence-electron chi connectivity index (χ0n) is 16.9. The topological polar surface area (TPSA) is 58.6 Å². The molecule has 2 fully saturated rings. The number of likely N-dealkylation sites (tertiary alicyclic amines) is 1. The molecule has 0 saturated carbocycles. The SMILES string of the molecule is COc1cccc(CN2CC3(CCN(c4nc(C)cnc4C)CC3)CC2=O)c1. The second kappa shape index (κ2) is 7.41. The van der Waals surface area contributed by atoms with E-state index in [9.17, 15) is 4.79 Å². The normalized spacial score (nSPS) is 18.8. The number of carbonyl (C=O) groups is 1. The highest BCUT2D eigenvalue weighted by atomic mass is 16.5. The largest absolute Gasteiger partial charge is 0.497 e. The van der Waals surface area contributed by atoms with Crippen molar-refractivity contribution in [1.29, 1.82) is 0 Å². The van der Waals surface area contributed by atoms with E-state index in [-0.39, 0.29) is 11.3 Å². The summed E-state index contributed by atoms with van der Waals surface area (Å²) in [5.41, 5.74) is 3.13. The van der Waals surface area contributed by atoms with Gasteiger partial charge in [-0.25, -0.2) is 4.98 Å². The van der Waals surface area contributed by atoms with Crippen LogP contribution in [0.4, 0.5) is 5.82 Å². The number of aromatic nitrogens is 2. The summed E-state index contributed by atoms with van der Waals surface area (Å²) in [5, 5.41) is 0. The molecule has 2 aromatic rings. The smallest absolute Gasteiger partial charge is 0.223 e. The lowest BCUT2D eigenvalue weighted by Gasteiger charge is -2.39. The Balaban J connectivity index is 1.42. The van der Waals surface area contributed by atoms with Crippen LogP contribution < -0.4 is 9.64 Å². The standard InChI is InChI=1S/C22H28N4O2/c1-16-13-23-17(2)21(24-16)25-9-7-22(8-10-25)12-20(27)26(15-22)14-18-5-4-6-19(11-18)28-3/h4-6,11,13H,7-10,12,14-15H2,1-3H3. The van der Waals surface area contributed by atoms with Crippen molar-refractivity contribution < 1.29 is 9.53 Å². The van der Waals surface area contributed by atoms with Crippen LogP contribution in [0.15, 0.2) is 30.5 Å². The fraction of sp³-hybridized carbons (Fsp3) is 0.500. The molecule has 2 saturated heterocycles. The van der Waals surface area contributed by atoms with Gasteiger partial charge < -0.3 is 14.5 Å². The quantitative estimate of drug-likeness (QED) is 0.816. The first kappa shape index (κ1) is 18.7. The van der Waals surface area contributed by atoms with Crippen LogP contribution in [-0.4, -0.2) is 47.5 Å². The van der Waals surface area contributed by atoms with E-state index in [1.54, 1.807) is 7.11 Å². The van der Waals surface area contributed by atoms with Crippen LogP contribution in [0.1, 0.15) is 36.2 Å². The van der Waals surface area contributed by atoms with Crippen LogP contribution >= 0.6 is 0 Å². The number of benzene rings is 1. The second-order valence-electron chi connectivity index (χ2n) is 8.19. The molecule has 2 aliphatic rings. The molecule has 0 bridgehead atoms. The van der Waals surface area contributed by atoms with Crippen molar-refractivity contribution in [3.05, 3.63) is 47.4 Å². The van der Waals surface area contributed by atoms with Crippen LogP contribution in [-0.2, 0) is 11.3 Å². The summed E-state index contributed by atoms with van der Waals surface area (Å²) in [4.78, 5) is 26.2. The second-order valence-corrected chi connectivity index (χ2v) is 8.19. The number of aryl methyl sites for hydroxylation is 2. The van der Waals surface area contributed by atoms with Crippen LogP contribution in [0, 0.1) is 19.3 Å². The number of carbonyl (C=O) groups excluding carboxylic acids is 1. The summed E-state index contributed by atoms with van der Waals surface area (Å²) in [6.45, 7) is 7.35. The minimum atomic E-state index is 0.0948. The van der Waals surface area contributed by atoms with Gasteiger partial charge in [0.25, 0.3) is 0 Å². The lowest BCUT2D eigenvalue weighted by molar-refractivity contribution is -0.128. The maximum Gasteiger partial charge on any atom is 0.223 e. The lowest BCUT2D eigenvalue weighted by atomic mass is 9.77. The first-order valence-electron chi connectivity index (χ1n) is 9.94. The number of piperidine rings is 1. The van der Waals surface area contributed by atoms with Gasteiger partial charge in [-0.2, -0.15) is 0 Å². The first-order chi connectivity index (χ1) is 13.5. The Bertz CT molecular complexity index is 875. The highest BCUT2D eigenvalue weighted by Gasteiger charge is 2.45. The van der Waals surface area contributed by atoms with Crippen LogP contribution in [0.25, 0.3) is 0 Å². The Morgan fingerprint density at radius 1 is 1.21 bits per heavy atom. The fourth-order valence-corrected chi connectivity index (χ4v) is 4.47. The molecular weight excluding hydrogens is 352 g/mol. The van der Waals surface area contributed by atoms with Gasteiger partial charge in [0.2, 0.25) is 5.91 Å². The molecule has 1 aromatic heterocycles. The summed E-state index contributed by atoms with van der Waals surface area (Å²) in [6, 6.07) is 7.99. The molecule has 1 aromatic carbocycles. The van der Waals surface area contributed by atoms with Crippen LogP contribution in [0.3, 0.4) is 0 Å². The van der Waals surface area contributed by atoms with Crippen LogP contribution in [0.5, 0.6) is 5.75 Å². The van der Waals surface area contributed by atoms with Crippen molar-refractivity contribution in [2.45, 2.75) is 39.7 Å². The number of nitrogens with zero attached hydrogens (tertiary/aromatic N) is 4. The maximum atomic E-state index is 12.7. The number of ether oxygens (including phenoxy) is 1. The molecule has 0 unspecified atom stereocenters. The Morgan fingerprint density at radius 2 is 2.00 bits per heavy atom. The van der Waals surface area contributed by atoms with Crippen molar-refractivity contribution in [3.8, 4) is 5.75 Å². The minimum Gasteiger partial charge on any atom is -0.497 e. The summed E-state index contributed by atoms with van der Waals surface area (Å²) >= 11 is 0. The molecule has 0 N–H and O–H groups in total. The van der Waals surface area contributed by atoms with Gasteiger partial charge in [0.05, 0.1) is 18.5 Å². The minimum absolute atomic E-state index is 0.0948. The van der Waals surface area contributed by atoms with Crippen molar-refractivity contribution >= 4 is 11.7 Å². The summed E-state index contributed by atoms with van der Waals surface area (Å²) < 4.78 is 5.31. The molecule has 28 heavy (non-hydrogen) atoms. The predicted molar refractivity (Wildman–Crippen MR) is 108 cm³/mol. The Morgan fingerprint density at radius 3 is 2.75 bits per heavy atom. The average molecular weight is 380 g/mol. The molecule has 6 nitrogen and oxygen atoms in total. The lowest BCUT2D eigenvalue weighted by Crippen LogP contribution is -2.42. The summed E-state index contributed by atoms with van der Waals surface area (Å²) in [5.74, 6) is 2.09. The first-order valence-corrected chi connectivity index (χ1v) is 9.94. The van der Waals surface area contributed by atoms with Gasteiger partial charge in [-0.05, 0) is 44.4 Å². The predicted octanol–water partition coefficient (Wildman–Crippen LogP) is 3.12. The highest BCUT2D eigenvalue weighted by Crippen LogP contribution is 2.42. The third-order valence-corrected chi connectivity index (χ3v) is 6.09. The third kappa shape index (κ3) is 3.68. The summed E-state index contributed by atoms with van der Waals surface area (Å²) in [6.07, 6.45) is 4.50. The molecule has 1 amide bonds. The molecule has 1 spiro atoms. The maximum absolute atomic E-state index is 12.7. The van der Waals surface area contributed by atoms with Gasteiger partial charge >= 0.3 is 0 Å². The number of hydrogen-bond donors (Lipinski definition) is 0. The van der Waals surface area contributed by atoms with E-state index in [2.05, 4.69) is 20.9 Å². The third-order valence-electron chi connectivity index (χ3n) is 6.09. The van der Waals surface area contributed by atoms with E-state index < -0.39 is 0 Å². The molecule has 2 aliphatic heterocycles. The average Bonchev–Trinajstić information content (AvgIpc) is 2.99.